The molecule has 0 radical (unpaired) electrons. The van der Waals surface area contributed by atoms with Crippen LogP contribution in [0.15, 0.2) is 50.9 Å². The van der Waals surface area contributed by atoms with Crippen molar-refractivity contribution in [2.45, 2.75) is 31.0 Å². The van der Waals surface area contributed by atoms with Gasteiger partial charge in [-0.15, -0.1) is 0 Å². The number of rotatable bonds is 6. The molecule has 13 heteroatoms. The summed E-state index contributed by atoms with van der Waals surface area (Å²) >= 11 is 3.02. The SMILES string of the molecule is CC1CN(S(=O)(=O)c2ccc(C(=O)NN=Cc3cc([N+](=O)[O-])cc(Br)c3O)cc2)CC(C)O1. The topological polar surface area (TPSA) is 151 Å². The zero-order valence-corrected chi connectivity index (χ0v) is 20.0. The molecule has 1 aliphatic heterocycles. The van der Waals surface area contributed by atoms with E-state index in [0.29, 0.717) is 0 Å². The van der Waals surface area contributed by atoms with Gasteiger partial charge in [0, 0.05) is 36.3 Å². The smallest absolute Gasteiger partial charge is 0.271 e. The van der Waals surface area contributed by atoms with E-state index < -0.39 is 20.9 Å². The molecule has 1 heterocycles. The number of ether oxygens (including phenoxy) is 1. The number of nitro groups is 1. The summed E-state index contributed by atoms with van der Waals surface area (Å²) in [7, 11) is -3.74. The summed E-state index contributed by atoms with van der Waals surface area (Å²) in [6, 6.07) is 7.62. The predicted molar refractivity (Wildman–Crippen MR) is 123 cm³/mol. The van der Waals surface area contributed by atoms with Gasteiger partial charge in [0.05, 0.1) is 32.7 Å². The first-order valence-corrected chi connectivity index (χ1v) is 12.0. The summed E-state index contributed by atoms with van der Waals surface area (Å²) in [5.41, 5.74) is 2.14. The Morgan fingerprint density at radius 2 is 1.88 bits per heavy atom. The van der Waals surface area contributed by atoms with E-state index in [-0.39, 0.29) is 57.2 Å². The van der Waals surface area contributed by atoms with Crippen molar-refractivity contribution in [2.24, 2.45) is 5.10 Å². The molecule has 11 nitrogen and oxygen atoms in total. The molecule has 1 fully saturated rings. The standard InChI is InChI=1S/C20H21BrN4O7S/c1-12-10-24(11-13(2)32-12)33(30,31)17-5-3-14(4-6-17)20(27)23-22-9-15-7-16(25(28)29)8-18(21)19(15)26/h3-9,12-13,26H,10-11H2,1-2H3,(H,23,27). The molecular weight excluding hydrogens is 520 g/mol. The van der Waals surface area contributed by atoms with Crippen LogP contribution in [0.3, 0.4) is 0 Å². The number of hydrogen-bond acceptors (Lipinski definition) is 8. The fraction of sp³-hybridized carbons (Fsp3) is 0.300. The van der Waals surface area contributed by atoms with E-state index in [1.807, 2.05) is 0 Å². The number of aromatic hydroxyl groups is 1. The minimum Gasteiger partial charge on any atom is -0.506 e. The van der Waals surface area contributed by atoms with E-state index in [0.717, 1.165) is 18.3 Å². The third-order valence-corrected chi connectivity index (χ3v) is 7.25. The molecule has 3 rings (SSSR count). The lowest BCUT2D eigenvalue weighted by molar-refractivity contribution is -0.385. The summed E-state index contributed by atoms with van der Waals surface area (Å²) in [5, 5.41) is 24.7. The first-order chi connectivity index (χ1) is 15.5. The lowest BCUT2D eigenvalue weighted by atomic mass is 10.2. The number of phenols is 1. The summed E-state index contributed by atoms with van der Waals surface area (Å²) in [6.45, 7) is 4.09. The molecule has 0 aliphatic carbocycles. The molecule has 2 N–H and O–H groups in total. The fourth-order valence-electron chi connectivity index (χ4n) is 3.29. The molecule has 0 saturated carbocycles. The van der Waals surface area contributed by atoms with Crippen LogP contribution in [0, 0.1) is 10.1 Å². The number of nitrogens with one attached hydrogen (secondary N) is 1. The molecule has 0 spiro atoms. The van der Waals surface area contributed by atoms with Crippen LogP contribution in [-0.4, -0.2) is 60.2 Å². The molecule has 33 heavy (non-hydrogen) atoms. The Morgan fingerprint density at radius 1 is 1.27 bits per heavy atom. The zero-order valence-electron chi connectivity index (χ0n) is 17.6. The van der Waals surface area contributed by atoms with Crippen molar-refractivity contribution in [1.29, 1.82) is 0 Å². The van der Waals surface area contributed by atoms with Crippen LogP contribution in [0.2, 0.25) is 0 Å². The van der Waals surface area contributed by atoms with Gasteiger partial charge in [-0.2, -0.15) is 9.41 Å². The van der Waals surface area contributed by atoms with Crippen LogP contribution in [0.25, 0.3) is 0 Å². The van der Waals surface area contributed by atoms with Crippen molar-refractivity contribution < 1.29 is 28.0 Å². The molecule has 1 saturated heterocycles. The van der Waals surface area contributed by atoms with Gasteiger partial charge in [-0.25, -0.2) is 13.8 Å². The van der Waals surface area contributed by atoms with Gasteiger partial charge in [0.15, 0.2) is 0 Å². The number of sulfonamides is 1. The van der Waals surface area contributed by atoms with Crippen LogP contribution in [0.5, 0.6) is 5.75 Å². The third-order valence-electron chi connectivity index (χ3n) is 4.80. The monoisotopic (exact) mass is 540 g/mol. The van der Waals surface area contributed by atoms with E-state index in [1.165, 1.54) is 28.6 Å². The largest absolute Gasteiger partial charge is 0.506 e. The molecule has 2 aromatic carbocycles. The zero-order chi connectivity index (χ0) is 24.3. The number of benzene rings is 2. The van der Waals surface area contributed by atoms with Crippen LogP contribution in [0.4, 0.5) is 5.69 Å². The average molecular weight is 541 g/mol. The number of non-ortho nitro benzene ring substituents is 1. The van der Waals surface area contributed by atoms with Crippen molar-refractivity contribution in [3.8, 4) is 5.75 Å². The number of carbonyl (C=O) groups is 1. The van der Waals surface area contributed by atoms with Crippen molar-refractivity contribution in [1.82, 2.24) is 9.73 Å². The van der Waals surface area contributed by atoms with Gasteiger partial charge in [0.2, 0.25) is 10.0 Å². The molecule has 176 valence electrons. The number of carbonyl (C=O) groups excluding carboxylic acids is 1. The van der Waals surface area contributed by atoms with Crippen LogP contribution >= 0.6 is 15.9 Å². The number of halogens is 1. The molecule has 1 aliphatic rings. The van der Waals surface area contributed by atoms with E-state index in [4.69, 9.17) is 4.74 Å². The maximum atomic E-state index is 12.9. The molecule has 0 aromatic heterocycles. The number of amides is 1. The number of hydrogen-bond donors (Lipinski definition) is 2. The quantitative estimate of drug-likeness (QED) is 0.324. The highest BCUT2D eigenvalue weighted by molar-refractivity contribution is 9.10. The minimum atomic E-state index is -3.74. The number of nitrogens with zero attached hydrogens (tertiary/aromatic N) is 3. The number of morpholine rings is 1. The number of phenolic OH excluding ortho intramolecular Hbond substituents is 1. The second kappa shape index (κ2) is 9.95. The van der Waals surface area contributed by atoms with Crippen LogP contribution < -0.4 is 5.43 Å². The highest BCUT2D eigenvalue weighted by Crippen LogP contribution is 2.31. The van der Waals surface area contributed by atoms with E-state index >= 15 is 0 Å². The Morgan fingerprint density at radius 3 is 2.45 bits per heavy atom. The Hall–Kier alpha value is -2.87. The normalized spacial score (nSPS) is 19.5. The molecule has 2 unspecified atom stereocenters. The van der Waals surface area contributed by atoms with Gasteiger partial charge in [0.1, 0.15) is 5.75 Å². The van der Waals surface area contributed by atoms with Gasteiger partial charge in [-0.05, 0) is 54.0 Å². The number of nitro benzene ring substituents is 1. The molecular formula is C20H21BrN4O7S. The van der Waals surface area contributed by atoms with Crippen LogP contribution in [0.1, 0.15) is 29.8 Å². The minimum absolute atomic E-state index is 0.0202. The first kappa shape index (κ1) is 24.8. The number of hydrazone groups is 1. The third kappa shape index (κ3) is 5.74. The Labute approximate surface area is 198 Å². The Kier molecular flexibility index (Phi) is 7.47. The molecule has 0 bridgehead atoms. The average Bonchev–Trinajstić information content (AvgIpc) is 2.75. The second-order valence-electron chi connectivity index (χ2n) is 7.43. The highest BCUT2D eigenvalue weighted by atomic mass is 79.9. The van der Waals surface area contributed by atoms with E-state index in [9.17, 15) is 28.4 Å². The van der Waals surface area contributed by atoms with Gasteiger partial charge in [-0.3, -0.25) is 14.9 Å². The van der Waals surface area contributed by atoms with E-state index in [1.54, 1.807) is 13.8 Å². The molecule has 1 amide bonds. The summed E-state index contributed by atoms with van der Waals surface area (Å²) in [5.74, 6) is -0.910. The van der Waals surface area contributed by atoms with Crippen molar-refractivity contribution in [3.63, 3.8) is 0 Å². The van der Waals surface area contributed by atoms with Crippen LogP contribution in [-0.2, 0) is 14.8 Å². The lowest BCUT2D eigenvalue weighted by Gasteiger charge is -2.34. The van der Waals surface area contributed by atoms with Crippen molar-refractivity contribution in [2.75, 3.05) is 13.1 Å². The predicted octanol–water partition coefficient (Wildman–Crippen LogP) is 2.62. The van der Waals surface area contributed by atoms with Gasteiger partial charge in [0.25, 0.3) is 11.6 Å². The maximum absolute atomic E-state index is 12.9. The maximum Gasteiger partial charge on any atom is 0.271 e. The first-order valence-electron chi connectivity index (χ1n) is 9.75. The summed E-state index contributed by atoms with van der Waals surface area (Å²) < 4.78 is 32.8. The summed E-state index contributed by atoms with van der Waals surface area (Å²) in [6.07, 6.45) is 0.611. The van der Waals surface area contributed by atoms with Crippen molar-refractivity contribution in [3.05, 3.63) is 62.1 Å². The van der Waals surface area contributed by atoms with Gasteiger partial charge in [-0.1, -0.05) is 0 Å². The fourth-order valence-corrected chi connectivity index (χ4v) is 5.34. The molecule has 2 atom stereocenters. The highest BCUT2D eigenvalue weighted by Gasteiger charge is 2.32. The van der Waals surface area contributed by atoms with Crippen molar-refractivity contribution >= 4 is 43.8 Å². The van der Waals surface area contributed by atoms with Gasteiger partial charge >= 0.3 is 0 Å². The molecule has 2 aromatic rings. The Balaban J connectivity index is 1.71. The lowest BCUT2D eigenvalue weighted by Crippen LogP contribution is -2.48. The van der Waals surface area contributed by atoms with E-state index in [2.05, 4.69) is 26.5 Å². The Bertz CT molecular complexity index is 1190. The summed E-state index contributed by atoms with van der Waals surface area (Å²) in [4.78, 5) is 22.7. The second-order valence-corrected chi connectivity index (χ2v) is 10.2. The van der Waals surface area contributed by atoms with Gasteiger partial charge < -0.3 is 9.84 Å².